The summed E-state index contributed by atoms with van der Waals surface area (Å²) in [5, 5.41) is 4.00. The number of hydrogen-bond donors (Lipinski definition) is 1. The van der Waals surface area contributed by atoms with E-state index in [2.05, 4.69) is 19.2 Å². The summed E-state index contributed by atoms with van der Waals surface area (Å²) in [5.74, 6) is 1.99. The number of hydrogen-bond acceptors (Lipinski definition) is 3. The quantitative estimate of drug-likeness (QED) is 0.786. The molecule has 0 aliphatic heterocycles. The second-order valence-electron chi connectivity index (χ2n) is 4.80. The monoisotopic (exact) mass is 285 g/mol. The molecule has 0 fully saturated rings. The minimum Gasteiger partial charge on any atom is -0.490 e. The van der Waals surface area contributed by atoms with Gasteiger partial charge in [-0.3, -0.25) is 0 Å². The molecule has 0 aliphatic rings. The number of ether oxygens (including phenoxy) is 2. The summed E-state index contributed by atoms with van der Waals surface area (Å²) in [4.78, 5) is 0. The Bertz CT molecular complexity index is 394. The second-order valence-corrected chi connectivity index (χ2v) is 5.20. The lowest BCUT2D eigenvalue weighted by Gasteiger charge is -2.15. The zero-order valence-electron chi connectivity index (χ0n) is 12.3. The lowest BCUT2D eigenvalue weighted by atomic mass is 10.1. The third-order valence-electron chi connectivity index (χ3n) is 2.54. The molecule has 4 heteroatoms. The summed E-state index contributed by atoms with van der Waals surface area (Å²) in [6, 6.07) is 3.93. The van der Waals surface area contributed by atoms with Crippen LogP contribution >= 0.6 is 11.6 Å². The first-order chi connectivity index (χ1) is 9.08. The number of benzene rings is 1. The van der Waals surface area contributed by atoms with Crippen molar-refractivity contribution in [2.24, 2.45) is 5.92 Å². The van der Waals surface area contributed by atoms with Gasteiger partial charge in [-0.25, -0.2) is 0 Å². The normalized spacial score (nSPS) is 10.8. The highest BCUT2D eigenvalue weighted by atomic mass is 35.5. The Hall–Kier alpha value is -0.930. The third-order valence-corrected chi connectivity index (χ3v) is 2.82. The van der Waals surface area contributed by atoms with E-state index in [1.807, 2.05) is 26.0 Å². The Morgan fingerprint density at radius 1 is 1.16 bits per heavy atom. The maximum atomic E-state index is 6.26. The van der Waals surface area contributed by atoms with Crippen molar-refractivity contribution in [2.45, 2.75) is 34.2 Å². The number of nitrogens with one attached hydrogen (secondary N) is 1. The van der Waals surface area contributed by atoms with Crippen molar-refractivity contribution in [3.05, 3.63) is 22.7 Å². The van der Waals surface area contributed by atoms with Crippen LogP contribution in [0.5, 0.6) is 11.5 Å². The van der Waals surface area contributed by atoms with Gasteiger partial charge in [-0.1, -0.05) is 25.4 Å². The van der Waals surface area contributed by atoms with E-state index in [-0.39, 0.29) is 0 Å². The molecule has 0 amide bonds. The van der Waals surface area contributed by atoms with Gasteiger partial charge in [0.05, 0.1) is 18.2 Å². The molecule has 1 aromatic rings. The maximum absolute atomic E-state index is 6.26. The van der Waals surface area contributed by atoms with E-state index in [9.17, 15) is 0 Å². The topological polar surface area (TPSA) is 30.5 Å². The van der Waals surface area contributed by atoms with Crippen molar-refractivity contribution in [1.82, 2.24) is 5.32 Å². The fourth-order valence-electron chi connectivity index (χ4n) is 1.78. The van der Waals surface area contributed by atoms with Crippen molar-refractivity contribution in [1.29, 1.82) is 0 Å². The molecule has 0 spiro atoms. The zero-order chi connectivity index (χ0) is 14.3. The highest BCUT2D eigenvalue weighted by Gasteiger charge is 2.12. The fraction of sp³-hybridized carbons (Fsp3) is 0.600. The van der Waals surface area contributed by atoms with Gasteiger partial charge in [0.25, 0.3) is 0 Å². The van der Waals surface area contributed by atoms with Crippen LogP contribution < -0.4 is 14.8 Å². The summed E-state index contributed by atoms with van der Waals surface area (Å²) in [6.07, 6.45) is 0. The van der Waals surface area contributed by atoms with Crippen LogP contribution in [0.4, 0.5) is 0 Å². The molecule has 0 radical (unpaired) electrons. The van der Waals surface area contributed by atoms with Gasteiger partial charge >= 0.3 is 0 Å². The first kappa shape index (κ1) is 16.1. The minimum atomic E-state index is 0.574. The molecule has 0 saturated heterocycles. The number of halogens is 1. The van der Waals surface area contributed by atoms with E-state index < -0.39 is 0 Å². The highest BCUT2D eigenvalue weighted by Crippen LogP contribution is 2.36. The first-order valence-corrected chi connectivity index (χ1v) is 7.25. The van der Waals surface area contributed by atoms with Gasteiger partial charge in [0, 0.05) is 6.54 Å². The van der Waals surface area contributed by atoms with Crippen molar-refractivity contribution < 1.29 is 9.47 Å². The molecule has 1 aromatic carbocycles. The summed E-state index contributed by atoms with van der Waals surface area (Å²) in [5.41, 5.74) is 1.11. The average Bonchev–Trinajstić information content (AvgIpc) is 2.33. The van der Waals surface area contributed by atoms with Crippen LogP contribution in [0.25, 0.3) is 0 Å². The zero-order valence-corrected chi connectivity index (χ0v) is 13.0. The molecule has 0 aliphatic carbocycles. The number of rotatable bonds is 8. The first-order valence-electron chi connectivity index (χ1n) is 6.87. The Morgan fingerprint density at radius 3 is 2.42 bits per heavy atom. The van der Waals surface area contributed by atoms with Crippen molar-refractivity contribution in [2.75, 3.05) is 19.8 Å². The lowest BCUT2D eigenvalue weighted by molar-refractivity contribution is 0.287. The molecule has 108 valence electrons. The van der Waals surface area contributed by atoms with E-state index in [0.717, 1.165) is 24.4 Å². The molecule has 0 heterocycles. The summed E-state index contributed by atoms with van der Waals surface area (Å²) < 4.78 is 11.1. The Kier molecular flexibility index (Phi) is 7.03. The van der Waals surface area contributed by atoms with E-state index in [1.54, 1.807) is 0 Å². The van der Waals surface area contributed by atoms with Crippen LogP contribution in [0, 0.1) is 5.92 Å². The van der Waals surface area contributed by atoms with Crippen LogP contribution in [-0.4, -0.2) is 19.8 Å². The molecule has 0 bridgehead atoms. The molecule has 0 saturated carbocycles. The van der Waals surface area contributed by atoms with Gasteiger partial charge in [-0.15, -0.1) is 0 Å². The summed E-state index contributed by atoms with van der Waals surface area (Å²) in [6.45, 7) is 11.2. The predicted molar refractivity (Wildman–Crippen MR) is 80.3 cm³/mol. The second kappa shape index (κ2) is 8.28. The van der Waals surface area contributed by atoms with Gasteiger partial charge in [0.1, 0.15) is 0 Å². The molecule has 3 nitrogen and oxygen atoms in total. The van der Waals surface area contributed by atoms with Crippen molar-refractivity contribution in [3.8, 4) is 11.5 Å². The van der Waals surface area contributed by atoms with E-state index in [1.165, 1.54) is 0 Å². The molecule has 1 N–H and O–H groups in total. The molecule has 0 atom stereocenters. The van der Waals surface area contributed by atoms with Gasteiger partial charge in [0.15, 0.2) is 11.5 Å². The van der Waals surface area contributed by atoms with E-state index in [0.29, 0.717) is 29.9 Å². The van der Waals surface area contributed by atoms with Crippen LogP contribution in [0.2, 0.25) is 5.02 Å². The summed E-state index contributed by atoms with van der Waals surface area (Å²) in [7, 11) is 0. The Morgan fingerprint density at radius 2 is 1.84 bits per heavy atom. The van der Waals surface area contributed by atoms with E-state index >= 15 is 0 Å². The van der Waals surface area contributed by atoms with Gasteiger partial charge in [-0.2, -0.15) is 0 Å². The maximum Gasteiger partial charge on any atom is 0.179 e. The van der Waals surface area contributed by atoms with Crippen LogP contribution in [0.1, 0.15) is 33.3 Å². The molecular formula is C15H24ClNO2. The van der Waals surface area contributed by atoms with Gasteiger partial charge < -0.3 is 14.8 Å². The van der Waals surface area contributed by atoms with Crippen LogP contribution in [0.3, 0.4) is 0 Å². The molecular weight excluding hydrogens is 262 g/mol. The Labute approximate surface area is 121 Å². The molecule has 0 aromatic heterocycles. The highest BCUT2D eigenvalue weighted by molar-refractivity contribution is 6.32. The van der Waals surface area contributed by atoms with Crippen molar-refractivity contribution >= 4 is 11.6 Å². The standard InChI is InChI=1S/C15H24ClNO2/c1-5-18-14-8-12(10-17-9-11(3)4)7-13(16)15(14)19-6-2/h7-8,11,17H,5-6,9-10H2,1-4H3. The fourth-order valence-corrected chi connectivity index (χ4v) is 2.06. The SMILES string of the molecule is CCOc1cc(CNCC(C)C)cc(Cl)c1OCC. The largest absolute Gasteiger partial charge is 0.490 e. The smallest absolute Gasteiger partial charge is 0.179 e. The van der Waals surface area contributed by atoms with Crippen LogP contribution in [0.15, 0.2) is 12.1 Å². The van der Waals surface area contributed by atoms with Gasteiger partial charge in [-0.05, 0) is 44.0 Å². The lowest BCUT2D eigenvalue weighted by Crippen LogP contribution is -2.19. The third kappa shape index (κ3) is 5.29. The predicted octanol–water partition coefficient (Wildman–Crippen LogP) is 3.88. The van der Waals surface area contributed by atoms with Crippen LogP contribution in [-0.2, 0) is 6.54 Å². The van der Waals surface area contributed by atoms with Crippen molar-refractivity contribution in [3.63, 3.8) is 0 Å². The van der Waals surface area contributed by atoms with Gasteiger partial charge in [0.2, 0.25) is 0 Å². The summed E-state index contributed by atoms with van der Waals surface area (Å²) >= 11 is 6.26. The molecule has 1 rings (SSSR count). The van der Waals surface area contributed by atoms with E-state index in [4.69, 9.17) is 21.1 Å². The Balaban J connectivity index is 2.83. The average molecular weight is 286 g/mol. The minimum absolute atomic E-state index is 0.574. The molecule has 0 unspecified atom stereocenters. The molecule has 19 heavy (non-hydrogen) atoms.